The van der Waals surface area contributed by atoms with E-state index >= 15 is 0 Å². The Morgan fingerprint density at radius 3 is 2.59 bits per heavy atom. The van der Waals surface area contributed by atoms with Crippen LogP contribution in [-0.2, 0) is 11.3 Å². The van der Waals surface area contributed by atoms with Crippen molar-refractivity contribution in [2.75, 3.05) is 18.4 Å². The number of hydrogen-bond donors (Lipinski definition) is 3. The van der Waals surface area contributed by atoms with Crippen LogP contribution in [0.1, 0.15) is 49.1 Å². The zero-order valence-electron chi connectivity index (χ0n) is 18.1. The van der Waals surface area contributed by atoms with Gasteiger partial charge in [-0.3, -0.25) is 15.1 Å². The van der Waals surface area contributed by atoms with Crippen molar-refractivity contribution in [1.29, 1.82) is 0 Å². The van der Waals surface area contributed by atoms with E-state index < -0.39 is 17.7 Å². The summed E-state index contributed by atoms with van der Waals surface area (Å²) in [5.41, 5.74) is 8.82. The molecule has 2 aliphatic heterocycles. The third kappa shape index (κ3) is 4.42. The molecule has 1 amide bonds. The highest BCUT2D eigenvalue weighted by Gasteiger charge is 2.44. The van der Waals surface area contributed by atoms with Crippen LogP contribution in [0.5, 0.6) is 0 Å². The maximum Gasteiger partial charge on any atom is 0.243 e. The zero-order chi connectivity index (χ0) is 22.1. The predicted molar refractivity (Wildman–Crippen MR) is 120 cm³/mol. The minimum absolute atomic E-state index is 0.0193. The summed E-state index contributed by atoms with van der Waals surface area (Å²) in [4.78, 5) is 15.5. The molecule has 0 radical (unpaired) electrons. The number of carbonyl (C=O) groups excluding carboxylic acids is 1. The molecule has 3 fully saturated rings. The Balaban J connectivity index is 1.22. The molecule has 1 saturated carbocycles. The third-order valence-corrected chi connectivity index (χ3v) is 7.28. The molecule has 2 heterocycles. The van der Waals surface area contributed by atoms with Crippen LogP contribution >= 0.6 is 0 Å². The van der Waals surface area contributed by atoms with E-state index in [2.05, 4.69) is 33.2 Å². The first-order valence-electron chi connectivity index (χ1n) is 11.7. The number of nitrogens with zero attached hydrogens (tertiary/aromatic N) is 1. The Bertz CT molecular complexity index is 961. The van der Waals surface area contributed by atoms with Crippen LogP contribution in [0.2, 0.25) is 0 Å². The molecule has 2 aromatic rings. The summed E-state index contributed by atoms with van der Waals surface area (Å²) in [6, 6.07) is 12.2. The number of hydrogen-bond acceptors (Lipinski definition) is 4. The molecular weight excluding hydrogens is 410 g/mol. The standard InChI is InChI=1S/C25H30F2N4O/c26-21-5-3-4-19(23(21)27)17-8-11-22-20(14-17)24(30-29-22)25(32)28-18-9-6-16(7-10-18)15-31-12-1-2-13-31/h3-7,9-10,17,20,22,24,29-30H,1-2,8,11-15H2,(H,28,32). The fourth-order valence-corrected chi connectivity index (χ4v) is 5.55. The second-order valence-electron chi connectivity index (χ2n) is 9.36. The molecule has 0 bridgehead atoms. The van der Waals surface area contributed by atoms with Crippen molar-refractivity contribution < 1.29 is 13.6 Å². The van der Waals surface area contributed by atoms with Gasteiger partial charge in [-0.25, -0.2) is 14.2 Å². The highest BCUT2D eigenvalue weighted by atomic mass is 19.2. The summed E-state index contributed by atoms with van der Waals surface area (Å²) >= 11 is 0. The van der Waals surface area contributed by atoms with Gasteiger partial charge in [-0.05, 0) is 80.4 Å². The van der Waals surface area contributed by atoms with Crippen LogP contribution < -0.4 is 16.2 Å². The molecule has 2 aromatic carbocycles. The first kappa shape index (κ1) is 21.5. The van der Waals surface area contributed by atoms with Crippen molar-refractivity contribution in [2.45, 2.75) is 56.7 Å². The number of benzene rings is 2. The molecule has 0 spiro atoms. The third-order valence-electron chi connectivity index (χ3n) is 7.28. The average molecular weight is 441 g/mol. The molecule has 32 heavy (non-hydrogen) atoms. The van der Waals surface area contributed by atoms with E-state index in [4.69, 9.17) is 0 Å². The SMILES string of the molecule is O=C(Nc1ccc(CN2CCCC2)cc1)C1NNC2CCC(c3cccc(F)c3F)CC21. The topological polar surface area (TPSA) is 56.4 Å². The van der Waals surface area contributed by atoms with Crippen LogP contribution in [0.4, 0.5) is 14.5 Å². The van der Waals surface area contributed by atoms with E-state index in [9.17, 15) is 13.6 Å². The lowest BCUT2D eigenvalue weighted by Gasteiger charge is -2.33. The molecule has 1 aliphatic carbocycles. The van der Waals surface area contributed by atoms with Gasteiger partial charge in [-0.1, -0.05) is 24.3 Å². The number of amides is 1. The molecule has 3 aliphatic rings. The minimum Gasteiger partial charge on any atom is -0.325 e. The lowest BCUT2D eigenvalue weighted by molar-refractivity contribution is -0.119. The van der Waals surface area contributed by atoms with Gasteiger partial charge in [0.2, 0.25) is 5.91 Å². The van der Waals surface area contributed by atoms with Gasteiger partial charge in [0.25, 0.3) is 0 Å². The number of nitrogens with one attached hydrogen (secondary N) is 3. The fraction of sp³-hybridized carbons (Fsp3) is 0.480. The fourth-order valence-electron chi connectivity index (χ4n) is 5.55. The summed E-state index contributed by atoms with van der Waals surface area (Å²) in [5.74, 6) is -1.74. The normalized spacial score (nSPS) is 27.9. The van der Waals surface area contributed by atoms with Crippen LogP contribution in [0, 0.1) is 17.6 Å². The molecular formula is C25H30F2N4O. The molecule has 7 heteroatoms. The highest BCUT2D eigenvalue weighted by molar-refractivity contribution is 5.95. The monoisotopic (exact) mass is 440 g/mol. The largest absolute Gasteiger partial charge is 0.325 e. The lowest BCUT2D eigenvalue weighted by Crippen LogP contribution is -2.42. The van der Waals surface area contributed by atoms with Gasteiger partial charge < -0.3 is 5.32 Å². The highest BCUT2D eigenvalue weighted by Crippen LogP contribution is 2.40. The first-order chi connectivity index (χ1) is 15.6. The summed E-state index contributed by atoms with van der Waals surface area (Å²) < 4.78 is 28.1. The maximum absolute atomic E-state index is 14.3. The van der Waals surface area contributed by atoms with Crippen LogP contribution in [0.3, 0.4) is 0 Å². The lowest BCUT2D eigenvalue weighted by atomic mass is 9.73. The Labute approximate surface area is 187 Å². The Morgan fingerprint density at radius 1 is 1.03 bits per heavy atom. The van der Waals surface area contributed by atoms with E-state index in [1.165, 1.54) is 18.4 Å². The van der Waals surface area contributed by atoms with Crippen molar-refractivity contribution in [2.24, 2.45) is 5.92 Å². The van der Waals surface area contributed by atoms with Crippen LogP contribution in [-0.4, -0.2) is 36.0 Å². The number of anilines is 1. The van der Waals surface area contributed by atoms with Gasteiger partial charge in [0.15, 0.2) is 11.6 Å². The number of likely N-dealkylation sites (tertiary alicyclic amines) is 1. The van der Waals surface area contributed by atoms with Gasteiger partial charge in [-0.15, -0.1) is 0 Å². The Hall–Kier alpha value is -2.35. The maximum atomic E-state index is 14.3. The molecule has 0 aromatic heterocycles. The summed E-state index contributed by atoms with van der Waals surface area (Å²) in [6.07, 6.45) is 4.76. The smallest absolute Gasteiger partial charge is 0.243 e. The van der Waals surface area contributed by atoms with Gasteiger partial charge in [0.1, 0.15) is 6.04 Å². The van der Waals surface area contributed by atoms with Gasteiger partial charge >= 0.3 is 0 Å². The Kier molecular flexibility index (Phi) is 6.22. The first-order valence-corrected chi connectivity index (χ1v) is 11.7. The Morgan fingerprint density at radius 2 is 1.81 bits per heavy atom. The van der Waals surface area contributed by atoms with E-state index in [-0.39, 0.29) is 23.8 Å². The average Bonchev–Trinajstić information content (AvgIpc) is 3.46. The van der Waals surface area contributed by atoms with Gasteiger partial charge in [-0.2, -0.15) is 0 Å². The molecule has 4 unspecified atom stereocenters. The number of halogens is 2. The van der Waals surface area contributed by atoms with Gasteiger partial charge in [0, 0.05) is 24.2 Å². The summed E-state index contributed by atoms with van der Waals surface area (Å²) in [6.45, 7) is 3.26. The molecule has 5 nitrogen and oxygen atoms in total. The van der Waals surface area contributed by atoms with E-state index in [0.717, 1.165) is 44.2 Å². The minimum atomic E-state index is -0.810. The van der Waals surface area contributed by atoms with E-state index in [1.54, 1.807) is 12.1 Å². The van der Waals surface area contributed by atoms with E-state index in [1.807, 2.05) is 12.1 Å². The summed E-state index contributed by atoms with van der Waals surface area (Å²) in [5, 5.41) is 3.02. The van der Waals surface area contributed by atoms with Gasteiger partial charge in [0.05, 0.1) is 0 Å². The number of rotatable bonds is 5. The van der Waals surface area contributed by atoms with Crippen molar-refractivity contribution in [3.8, 4) is 0 Å². The van der Waals surface area contributed by atoms with E-state index in [0.29, 0.717) is 12.0 Å². The van der Waals surface area contributed by atoms with Crippen LogP contribution in [0.25, 0.3) is 0 Å². The molecule has 5 rings (SSSR count). The molecule has 170 valence electrons. The van der Waals surface area contributed by atoms with Crippen molar-refractivity contribution in [3.63, 3.8) is 0 Å². The second kappa shape index (κ2) is 9.25. The zero-order valence-corrected chi connectivity index (χ0v) is 18.1. The quantitative estimate of drug-likeness (QED) is 0.660. The molecule has 2 saturated heterocycles. The molecule has 3 N–H and O–H groups in total. The number of fused-ring (bicyclic) bond motifs is 1. The number of hydrazine groups is 1. The van der Waals surface area contributed by atoms with Crippen molar-refractivity contribution in [1.82, 2.24) is 15.8 Å². The van der Waals surface area contributed by atoms with Crippen LogP contribution in [0.15, 0.2) is 42.5 Å². The molecule has 4 atom stereocenters. The predicted octanol–water partition coefficient (Wildman–Crippen LogP) is 3.93. The number of carbonyl (C=O) groups is 1. The second-order valence-corrected chi connectivity index (χ2v) is 9.36. The summed E-state index contributed by atoms with van der Waals surface area (Å²) in [7, 11) is 0. The van der Waals surface area contributed by atoms with Crippen molar-refractivity contribution >= 4 is 11.6 Å². The van der Waals surface area contributed by atoms with Crippen molar-refractivity contribution in [3.05, 3.63) is 65.2 Å².